The van der Waals surface area contributed by atoms with Crippen LogP contribution in [0.3, 0.4) is 0 Å². The number of hydrogen-bond acceptors (Lipinski definition) is 9. The van der Waals surface area contributed by atoms with Crippen LogP contribution in [-0.4, -0.2) is 61.4 Å². The van der Waals surface area contributed by atoms with E-state index in [1.807, 2.05) is 56.3 Å². The van der Waals surface area contributed by atoms with Crippen molar-refractivity contribution >= 4 is 29.2 Å². The van der Waals surface area contributed by atoms with E-state index in [4.69, 9.17) is 18.9 Å². The van der Waals surface area contributed by atoms with Crippen molar-refractivity contribution in [3.63, 3.8) is 0 Å². The molecule has 1 saturated heterocycles. The van der Waals surface area contributed by atoms with E-state index in [1.54, 1.807) is 37.6 Å². The van der Waals surface area contributed by atoms with Gasteiger partial charge < -0.3 is 24.3 Å². The largest absolute Gasteiger partial charge is 0.497 e. The van der Waals surface area contributed by atoms with Gasteiger partial charge in [-0.05, 0) is 87.3 Å². The molecule has 3 aromatic carbocycles. The number of benzene rings is 3. The number of rotatable bonds is 11. The molecule has 0 saturated carbocycles. The molecule has 0 aliphatic carbocycles. The zero-order valence-electron chi connectivity index (χ0n) is 25.7. The second kappa shape index (κ2) is 14.6. The number of anilines is 4. The van der Waals surface area contributed by atoms with Crippen molar-refractivity contribution in [1.82, 2.24) is 14.9 Å². The zero-order valence-corrected chi connectivity index (χ0v) is 25.7. The van der Waals surface area contributed by atoms with Gasteiger partial charge in [-0.3, -0.25) is 4.90 Å². The van der Waals surface area contributed by atoms with Crippen LogP contribution in [0.2, 0.25) is 0 Å². The predicted octanol–water partition coefficient (Wildman–Crippen LogP) is 7.06. The Morgan fingerprint density at radius 3 is 2.34 bits per heavy atom. The molecule has 230 valence electrons. The quantitative estimate of drug-likeness (QED) is 0.195. The summed E-state index contributed by atoms with van der Waals surface area (Å²) in [7, 11) is 3.10. The number of methoxy groups -OCH3 is 2. The van der Waals surface area contributed by atoms with Crippen LogP contribution in [0.1, 0.15) is 30.4 Å². The maximum atomic E-state index is 13.9. The lowest BCUT2D eigenvalue weighted by atomic mass is 10.1. The summed E-state index contributed by atoms with van der Waals surface area (Å²) in [5, 5.41) is 3.22. The first kappa shape index (κ1) is 30.6. The molecule has 10 nitrogen and oxygen atoms in total. The maximum Gasteiger partial charge on any atom is 0.425 e. The van der Waals surface area contributed by atoms with Crippen molar-refractivity contribution in [3.8, 4) is 23.0 Å². The minimum Gasteiger partial charge on any atom is -0.497 e. The third-order valence-corrected chi connectivity index (χ3v) is 7.51. The van der Waals surface area contributed by atoms with Crippen LogP contribution in [0.15, 0.2) is 72.9 Å². The van der Waals surface area contributed by atoms with Gasteiger partial charge in [0.2, 0.25) is 5.95 Å². The highest BCUT2D eigenvalue weighted by Crippen LogP contribution is 2.37. The molecule has 0 bridgehead atoms. The molecule has 0 spiro atoms. The highest BCUT2D eigenvalue weighted by atomic mass is 16.6. The number of hydrogen-bond donors (Lipinski definition) is 1. The van der Waals surface area contributed by atoms with Gasteiger partial charge in [0.15, 0.2) is 0 Å². The highest BCUT2D eigenvalue weighted by molar-refractivity contribution is 5.98. The van der Waals surface area contributed by atoms with Gasteiger partial charge in [0, 0.05) is 30.6 Å². The van der Waals surface area contributed by atoms with Crippen molar-refractivity contribution in [1.29, 1.82) is 0 Å². The minimum absolute atomic E-state index is 0.292. The zero-order chi connectivity index (χ0) is 30.9. The molecule has 44 heavy (non-hydrogen) atoms. The second-order valence-electron chi connectivity index (χ2n) is 10.6. The van der Waals surface area contributed by atoms with Gasteiger partial charge in [-0.25, -0.2) is 14.7 Å². The third-order valence-electron chi connectivity index (χ3n) is 7.51. The van der Waals surface area contributed by atoms with Gasteiger partial charge >= 0.3 is 6.09 Å². The lowest BCUT2D eigenvalue weighted by Gasteiger charge is -2.26. The van der Waals surface area contributed by atoms with Crippen LogP contribution in [0.5, 0.6) is 23.0 Å². The van der Waals surface area contributed by atoms with Gasteiger partial charge in [0.25, 0.3) is 0 Å². The van der Waals surface area contributed by atoms with Gasteiger partial charge in [-0.15, -0.1) is 0 Å². The maximum absolute atomic E-state index is 13.9. The lowest BCUT2D eigenvalue weighted by Crippen LogP contribution is -2.33. The Balaban J connectivity index is 1.36. The van der Waals surface area contributed by atoms with Gasteiger partial charge in [-0.2, -0.15) is 4.98 Å². The Morgan fingerprint density at radius 1 is 0.909 bits per heavy atom. The molecule has 10 heteroatoms. The summed E-state index contributed by atoms with van der Waals surface area (Å²) in [6, 6.07) is 20.2. The van der Waals surface area contributed by atoms with Crippen molar-refractivity contribution in [2.45, 2.75) is 33.1 Å². The molecule has 5 rings (SSSR count). The first-order chi connectivity index (χ1) is 21.4. The predicted molar refractivity (Wildman–Crippen MR) is 171 cm³/mol. The Hall–Kier alpha value is -4.83. The Morgan fingerprint density at radius 2 is 1.64 bits per heavy atom. The number of aryl methyl sites for hydroxylation is 2. The molecule has 1 amide bonds. The monoisotopic (exact) mass is 597 g/mol. The Bertz CT molecular complexity index is 1540. The molecule has 1 aliphatic rings. The average molecular weight is 598 g/mol. The molecule has 0 unspecified atom stereocenters. The number of piperidine rings is 1. The summed E-state index contributed by atoms with van der Waals surface area (Å²) < 4.78 is 22.9. The van der Waals surface area contributed by atoms with Crippen molar-refractivity contribution < 1.29 is 23.7 Å². The minimum atomic E-state index is -0.651. The van der Waals surface area contributed by atoms with E-state index in [9.17, 15) is 4.79 Å². The summed E-state index contributed by atoms with van der Waals surface area (Å²) in [5.74, 6) is 2.87. The molecule has 1 aromatic heterocycles. The van der Waals surface area contributed by atoms with Crippen LogP contribution < -0.4 is 29.2 Å². The van der Waals surface area contributed by atoms with Gasteiger partial charge in [0.05, 0.1) is 19.9 Å². The van der Waals surface area contributed by atoms with Crippen molar-refractivity contribution in [3.05, 3.63) is 84.1 Å². The van der Waals surface area contributed by atoms with Crippen LogP contribution in [0.25, 0.3) is 0 Å². The number of likely N-dealkylation sites (tertiary alicyclic amines) is 1. The van der Waals surface area contributed by atoms with Gasteiger partial charge in [-0.1, -0.05) is 24.6 Å². The van der Waals surface area contributed by atoms with E-state index in [0.29, 0.717) is 41.3 Å². The van der Waals surface area contributed by atoms with E-state index >= 15 is 0 Å². The van der Waals surface area contributed by atoms with Crippen LogP contribution >= 0.6 is 0 Å². The number of carbonyl (C=O) groups excluding carboxylic acids is 1. The number of nitrogens with one attached hydrogen (secondary N) is 1. The smallest absolute Gasteiger partial charge is 0.425 e. The highest BCUT2D eigenvalue weighted by Gasteiger charge is 2.27. The normalized spacial score (nSPS) is 13.2. The molecule has 2 heterocycles. The van der Waals surface area contributed by atoms with Crippen molar-refractivity contribution in [2.24, 2.45) is 0 Å². The van der Waals surface area contributed by atoms with E-state index < -0.39 is 6.09 Å². The first-order valence-electron chi connectivity index (χ1n) is 14.8. The van der Waals surface area contributed by atoms with Gasteiger partial charge in [0.1, 0.15) is 35.4 Å². The summed E-state index contributed by atoms with van der Waals surface area (Å²) in [5.41, 5.74) is 2.88. The number of amides is 1. The van der Waals surface area contributed by atoms with E-state index in [1.165, 1.54) is 31.3 Å². The van der Waals surface area contributed by atoms with Crippen LogP contribution in [0, 0.1) is 13.8 Å². The fourth-order valence-corrected chi connectivity index (χ4v) is 5.15. The van der Waals surface area contributed by atoms with Crippen LogP contribution in [0.4, 0.5) is 27.9 Å². The molecule has 1 aliphatic heterocycles. The molecule has 0 radical (unpaired) electrons. The third kappa shape index (κ3) is 7.57. The lowest BCUT2D eigenvalue weighted by molar-refractivity contribution is 0.183. The fourth-order valence-electron chi connectivity index (χ4n) is 5.15. The Kier molecular flexibility index (Phi) is 10.1. The standard InChI is InChI=1S/C34H39N5O5/c1-24-9-8-10-25(2)32(24)44-34(40)39(29-16-15-28(41-3)23-30(29)42-4)31-17-18-35-33(37-31)36-26-11-13-27(14-12-26)43-22-21-38-19-6-5-7-20-38/h8-18,23H,5-7,19-22H2,1-4H3,(H,35,36,37). The van der Waals surface area contributed by atoms with E-state index in [0.717, 1.165) is 42.2 Å². The van der Waals surface area contributed by atoms with E-state index in [-0.39, 0.29) is 0 Å². The number of nitrogens with zero attached hydrogens (tertiary/aromatic N) is 4. The summed E-state index contributed by atoms with van der Waals surface area (Å²) in [4.78, 5) is 26.7. The molecule has 1 fully saturated rings. The molecular formula is C34H39N5O5. The number of carbonyl (C=O) groups is 1. The summed E-state index contributed by atoms with van der Waals surface area (Å²) in [6.07, 6.45) is 4.79. The molecule has 1 N–H and O–H groups in total. The average Bonchev–Trinajstić information content (AvgIpc) is 3.05. The molecular weight excluding hydrogens is 558 g/mol. The number of aromatic nitrogens is 2. The second-order valence-corrected chi connectivity index (χ2v) is 10.6. The summed E-state index contributed by atoms with van der Waals surface area (Å²) in [6.45, 7) is 7.68. The van der Waals surface area contributed by atoms with E-state index in [2.05, 4.69) is 20.2 Å². The van der Waals surface area contributed by atoms with Crippen LogP contribution in [-0.2, 0) is 0 Å². The molecule has 0 atom stereocenters. The first-order valence-corrected chi connectivity index (χ1v) is 14.8. The molecule has 4 aromatic rings. The summed E-state index contributed by atoms with van der Waals surface area (Å²) >= 11 is 0. The number of ether oxygens (including phenoxy) is 4. The fraction of sp³-hybridized carbons (Fsp3) is 0.324. The number of para-hydroxylation sites is 1. The Labute approximate surface area is 258 Å². The SMILES string of the molecule is COc1ccc(N(C(=O)Oc2c(C)cccc2C)c2ccnc(Nc3ccc(OCCN4CCCCC4)cc3)n2)c(OC)c1. The van der Waals surface area contributed by atoms with Crippen molar-refractivity contribution in [2.75, 3.05) is 50.7 Å². The topological polar surface area (TPSA) is 98.3 Å².